The van der Waals surface area contributed by atoms with E-state index in [9.17, 15) is 19.7 Å². The molecule has 0 N–H and O–H groups in total. The lowest BCUT2D eigenvalue weighted by atomic mass is 10.0. The van der Waals surface area contributed by atoms with Crippen LogP contribution in [0.2, 0.25) is 0 Å². The minimum absolute atomic E-state index is 0.0245. The fourth-order valence-electron chi connectivity index (χ4n) is 3.28. The Morgan fingerprint density at radius 2 is 1.68 bits per heavy atom. The molecule has 1 aliphatic heterocycles. The highest BCUT2D eigenvalue weighted by Gasteiger charge is 2.22. The predicted molar refractivity (Wildman–Crippen MR) is 107 cm³/mol. The van der Waals surface area contributed by atoms with Crippen molar-refractivity contribution in [3.8, 4) is 0 Å². The number of rotatable bonds is 6. The third-order valence-corrected chi connectivity index (χ3v) is 4.98. The van der Waals surface area contributed by atoms with Gasteiger partial charge in [0.15, 0.2) is 5.78 Å². The Morgan fingerprint density at radius 3 is 2.32 bits per heavy atom. The summed E-state index contributed by atoms with van der Waals surface area (Å²) in [7, 11) is 0. The number of piperazine rings is 1. The second kappa shape index (κ2) is 8.65. The van der Waals surface area contributed by atoms with Crippen molar-refractivity contribution in [2.24, 2.45) is 0 Å². The van der Waals surface area contributed by atoms with Gasteiger partial charge in [-0.2, -0.15) is 0 Å². The molecule has 0 saturated carbocycles. The van der Waals surface area contributed by atoms with Crippen molar-refractivity contribution in [3.63, 3.8) is 0 Å². The summed E-state index contributed by atoms with van der Waals surface area (Å²) >= 11 is 0. The van der Waals surface area contributed by atoms with Crippen LogP contribution in [0.15, 0.2) is 48.5 Å². The van der Waals surface area contributed by atoms with Gasteiger partial charge in [-0.15, -0.1) is 0 Å². The van der Waals surface area contributed by atoms with E-state index in [2.05, 4.69) is 0 Å². The van der Waals surface area contributed by atoms with Crippen molar-refractivity contribution in [3.05, 3.63) is 69.8 Å². The molecule has 0 spiro atoms. The molecular formula is C21H23N3O4. The molecule has 0 radical (unpaired) electrons. The number of non-ortho nitro benzene ring substituents is 1. The topological polar surface area (TPSA) is 83.8 Å². The van der Waals surface area contributed by atoms with Crippen LogP contribution in [0.1, 0.15) is 28.8 Å². The van der Waals surface area contributed by atoms with Gasteiger partial charge >= 0.3 is 0 Å². The molecule has 0 atom stereocenters. The Kier molecular flexibility index (Phi) is 6.03. The number of nitrogens with zero attached hydrogens (tertiary/aromatic N) is 3. The lowest BCUT2D eigenvalue weighted by Crippen LogP contribution is -2.48. The summed E-state index contributed by atoms with van der Waals surface area (Å²) in [5.74, 6) is -0.0530. The first-order valence-corrected chi connectivity index (χ1v) is 9.31. The first-order valence-electron chi connectivity index (χ1n) is 9.31. The van der Waals surface area contributed by atoms with Gasteiger partial charge in [-0.05, 0) is 13.0 Å². The van der Waals surface area contributed by atoms with Gasteiger partial charge in [0.1, 0.15) is 0 Å². The van der Waals surface area contributed by atoms with Gasteiger partial charge in [-0.3, -0.25) is 19.7 Å². The highest BCUT2D eigenvalue weighted by atomic mass is 16.6. The monoisotopic (exact) mass is 381 g/mol. The lowest BCUT2D eigenvalue weighted by molar-refractivity contribution is -0.384. The summed E-state index contributed by atoms with van der Waals surface area (Å²) in [4.78, 5) is 39.0. The van der Waals surface area contributed by atoms with Crippen LogP contribution in [0.5, 0.6) is 0 Å². The van der Waals surface area contributed by atoms with Crippen molar-refractivity contribution in [2.45, 2.75) is 19.8 Å². The highest BCUT2D eigenvalue weighted by molar-refractivity contribution is 5.98. The SMILES string of the molecule is Cc1ccc(C(=O)CCC(=O)N2CCN(c3cccc([N+](=O)[O-])c3)CC2)cc1. The number of hydrogen-bond donors (Lipinski definition) is 0. The Morgan fingerprint density at radius 1 is 1.00 bits per heavy atom. The number of aryl methyl sites for hydroxylation is 1. The number of Topliss-reactive ketones (excluding diaryl/α,β-unsaturated/α-hetero) is 1. The molecule has 7 nitrogen and oxygen atoms in total. The van der Waals surface area contributed by atoms with Gasteiger partial charge in [-0.25, -0.2) is 0 Å². The Hall–Kier alpha value is -3.22. The lowest BCUT2D eigenvalue weighted by Gasteiger charge is -2.36. The summed E-state index contributed by atoms with van der Waals surface area (Å²) in [6, 6.07) is 13.9. The zero-order valence-corrected chi connectivity index (χ0v) is 15.8. The summed E-state index contributed by atoms with van der Waals surface area (Å²) in [5, 5.41) is 10.9. The molecule has 0 aromatic heterocycles. The van der Waals surface area contributed by atoms with Crippen molar-refractivity contribution in [1.82, 2.24) is 4.90 Å². The van der Waals surface area contributed by atoms with Crippen LogP contribution in [-0.2, 0) is 4.79 Å². The minimum Gasteiger partial charge on any atom is -0.368 e. The first-order chi connectivity index (χ1) is 13.4. The fraction of sp³-hybridized carbons (Fsp3) is 0.333. The van der Waals surface area contributed by atoms with Crippen LogP contribution in [0.25, 0.3) is 0 Å². The van der Waals surface area contributed by atoms with E-state index >= 15 is 0 Å². The number of carbonyl (C=O) groups is 2. The first kappa shape index (κ1) is 19.5. The van der Waals surface area contributed by atoms with Gasteiger partial charge in [0.05, 0.1) is 4.92 Å². The predicted octanol–water partition coefficient (Wildman–Crippen LogP) is 3.21. The second-order valence-electron chi connectivity index (χ2n) is 6.93. The van der Waals surface area contributed by atoms with Crippen LogP contribution in [0.3, 0.4) is 0 Å². The van der Waals surface area contributed by atoms with E-state index in [4.69, 9.17) is 0 Å². The Balaban J connectivity index is 1.50. The zero-order chi connectivity index (χ0) is 20.1. The second-order valence-corrected chi connectivity index (χ2v) is 6.93. The molecule has 146 valence electrons. The molecule has 2 aromatic carbocycles. The number of nitro groups is 1. The van der Waals surface area contributed by atoms with Gasteiger partial charge in [-0.1, -0.05) is 35.9 Å². The number of hydrogen-bond acceptors (Lipinski definition) is 5. The molecule has 1 aliphatic rings. The van der Waals surface area contributed by atoms with Crippen LogP contribution in [0.4, 0.5) is 11.4 Å². The van der Waals surface area contributed by atoms with E-state index in [1.54, 1.807) is 29.2 Å². The largest absolute Gasteiger partial charge is 0.368 e. The number of carbonyl (C=O) groups excluding carboxylic acids is 2. The van der Waals surface area contributed by atoms with Gasteiger partial charge in [0.25, 0.3) is 5.69 Å². The third-order valence-electron chi connectivity index (χ3n) is 4.98. The van der Waals surface area contributed by atoms with Gasteiger partial charge in [0.2, 0.25) is 5.91 Å². The maximum Gasteiger partial charge on any atom is 0.271 e. The number of nitro benzene ring substituents is 1. The Labute approximate surface area is 163 Å². The van der Waals surface area contributed by atoms with Gasteiger partial charge < -0.3 is 9.80 Å². The quantitative estimate of drug-likeness (QED) is 0.436. The van der Waals surface area contributed by atoms with Gasteiger partial charge in [0, 0.05) is 62.4 Å². The van der Waals surface area contributed by atoms with E-state index in [0.29, 0.717) is 31.7 Å². The van der Waals surface area contributed by atoms with Crippen molar-refractivity contribution < 1.29 is 14.5 Å². The molecule has 1 heterocycles. The molecule has 28 heavy (non-hydrogen) atoms. The van der Waals surface area contributed by atoms with E-state index in [1.807, 2.05) is 30.0 Å². The Bertz CT molecular complexity index is 871. The van der Waals surface area contributed by atoms with Crippen LogP contribution in [0, 0.1) is 17.0 Å². The number of anilines is 1. The van der Waals surface area contributed by atoms with Crippen LogP contribution >= 0.6 is 0 Å². The molecule has 0 bridgehead atoms. The molecule has 2 aromatic rings. The molecule has 0 unspecified atom stereocenters. The van der Waals surface area contributed by atoms with E-state index in [1.165, 1.54) is 6.07 Å². The number of benzene rings is 2. The highest BCUT2D eigenvalue weighted by Crippen LogP contribution is 2.22. The smallest absolute Gasteiger partial charge is 0.271 e. The maximum atomic E-state index is 12.4. The average molecular weight is 381 g/mol. The normalized spacial score (nSPS) is 14.0. The van der Waals surface area contributed by atoms with Crippen molar-refractivity contribution in [2.75, 3.05) is 31.1 Å². The summed E-state index contributed by atoms with van der Waals surface area (Å²) in [5.41, 5.74) is 2.57. The summed E-state index contributed by atoms with van der Waals surface area (Å²) < 4.78 is 0. The van der Waals surface area contributed by atoms with Crippen molar-refractivity contribution in [1.29, 1.82) is 0 Å². The minimum atomic E-state index is -0.408. The summed E-state index contributed by atoms with van der Waals surface area (Å²) in [6.07, 6.45) is 0.399. The van der Waals surface area contributed by atoms with E-state index in [-0.39, 0.29) is 30.2 Å². The molecule has 3 rings (SSSR count). The summed E-state index contributed by atoms with van der Waals surface area (Å²) in [6.45, 7) is 4.27. The average Bonchev–Trinajstić information content (AvgIpc) is 2.72. The maximum absolute atomic E-state index is 12.4. The zero-order valence-electron chi connectivity index (χ0n) is 15.8. The van der Waals surface area contributed by atoms with Crippen molar-refractivity contribution >= 4 is 23.1 Å². The third kappa shape index (κ3) is 4.73. The molecule has 1 fully saturated rings. The number of ketones is 1. The standard InChI is InChI=1S/C21H23N3O4/c1-16-5-7-17(8-6-16)20(25)9-10-21(26)23-13-11-22(12-14-23)18-3-2-4-19(15-18)24(27)28/h2-8,15H,9-14H2,1H3. The van der Waals surface area contributed by atoms with Crippen LogP contribution in [-0.4, -0.2) is 47.7 Å². The van der Waals surface area contributed by atoms with E-state index < -0.39 is 4.92 Å². The molecule has 1 amide bonds. The number of amides is 1. The van der Waals surface area contributed by atoms with E-state index in [0.717, 1.165) is 11.3 Å². The molecular weight excluding hydrogens is 358 g/mol. The molecule has 1 saturated heterocycles. The van der Waals surface area contributed by atoms with Crippen LogP contribution < -0.4 is 4.90 Å². The fourth-order valence-corrected chi connectivity index (χ4v) is 3.28. The molecule has 0 aliphatic carbocycles. The molecule has 7 heteroatoms.